The summed E-state index contributed by atoms with van der Waals surface area (Å²) in [6.45, 7) is 5.52. The number of ether oxygens (including phenoxy) is 1. The summed E-state index contributed by atoms with van der Waals surface area (Å²) in [4.78, 5) is 10.4. The highest BCUT2D eigenvalue weighted by molar-refractivity contribution is 5.48. The molecular weight excluding hydrogens is 234 g/mol. The normalized spacial score (nSPS) is 12.5. The fourth-order valence-electron chi connectivity index (χ4n) is 1.60. The second kappa shape index (κ2) is 6.35. The van der Waals surface area contributed by atoms with E-state index in [0.29, 0.717) is 12.8 Å². The summed E-state index contributed by atoms with van der Waals surface area (Å²) >= 11 is 0. The zero-order valence-electron chi connectivity index (χ0n) is 10.9. The monoisotopic (exact) mass is 253 g/mol. The van der Waals surface area contributed by atoms with Crippen LogP contribution in [0.5, 0.6) is 5.75 Å². The Balaban J connectivity index is 3.01. The fourth-order valence-corrected chi connectivity index (χ4v) is 1.60. The van der Waals surface area contributed by atoms with Gasteiger partial charge in [0.2, 0.25) is 0 Å². The number of nitro benzene ring substituents is 1. The third-order valence-electron chi connectivity index (χ3n) is 2.53. The van der Waals surface area contributed by atoms with E-state index >= 15 is 0 Å². The number of hydrogen-bond acceptors (Lipinski definition) is 4. The Hall–Kier alpha value is -1.62. The average molecular weight is 253 g/mol. The lowest BCUT2D eigenvalue weighted by Crippen LogP contribution is -2.10. The van der Waals surface area contributed by atoms with Crippen molar-refractivity contribution in [2.75, 3.05) is 0 Å². The van der Waals surface area contributed by atoms with Crippen LogP contribution in [-0.4, -0.2) is 22.2 Å². The second-order valence-electron chi connectivity index (χ2n) is 4.49. The van der Waals surface area contributed by atoms with E-state index < -0.39 is 11.0 Å². The van der Waals surface area contributed by atoms with Gasteiger partial charge in [0, 0.05) is 6.07 Å². The zero-order chi connectivity index (χ0) is 13.7. The lowest BCUT2D eigenvalue weighted by Gasteiger charge is -2.12. The molecule has 5 heteroatoms. The molecule has 0 heterocycles. The predicted octanol–water partition coefficient (Wildman–Crippen LogP) is 2.70. The Labute approximate surface area is 107 Å². The highest BCUT2D eigenvalue weighted by Crippen LogP contribution is 2.29. The van der Waals surface area contributed by atoms with Crippen molar-refractivity contribution in [3.05, 3.63) is 33.9 Å². The van der Waals surface area contributed by atoms with Crippen LogP contribution in [0.2, 0.25) is 0 Å². The van der Waals surface area contributed by atoms with Crippen LogP contribution in [0.3, 0.4) is 0 Å². The topological polar surface area (TPSA) is 72.6 Å². The number of aliphatic hydroxyl groups is 1. The molecule has 0 aromatic heterocycles. The Morgan fingerprint density at radius 2 is 2.11 bits per heavy atom. The molecule has 5 nitrogen and oxygen atoms in total. The van der Waals surface area contributed by atoms with Crippen molar-refractivity contribution in [1.82, 2.24) is 0 Å². The molecule has 0 amide bonds. The SMILES string of the molecule is CCC(O)Cc1ccc([N+](=O)[O-])c(OC(C)C)c1. The van der Waals surface area contributed by atoms with Crippen molar-refractivity contribution in [2.45, 2.75) is 45.8 Å². The first-order valence-electron chi connectivity index (χ1n) is 6.06. The summed E-state index contributed by atoms with van der Waals surface area (Å²) in [5.41, 5.74) is 0.795. The smallest absolute Gasteiger partial charge is 0.310 e. The van der Waals surface area contributed by atoms with Gasteiger partial charge in [-0.2, -0.15) is 0 Å². The molecule has 1 aromatic rings. The number of nitrogens with zero attached hydrogens (tertiary/aromatic N) is 1. The molecule has 0 radical (unpaired) electrons. The van der Waals surface area contributed by atoms with Gasteiger partial charge in [-0.05, 0) is 38.3 Å². The second-order valence-corrected chi connectivity index (χ2v) is 4.49. The lowest BCUT2D eigenvalue weighted by atomic mass is 10.1. The van der Waals surface area contributed by atoms with Gasteiger partial charge >= 0.3 is 5.69 Å². The van der Waals surface area contributed by atoms with E-state index in [-0.39, 0.29) is 17.5 Å². The molecular formula is C13H19NO4. The van der Waals surface area contributed by atoms with Gasteiger partial charge in [0.05, 0.1) is 17.1 Å². The highest BCUT2D eigenvalue weighted by atomic mass is 16.6. The molecule has 0 aliphatic rings. The summed E-state index contributed by atoms with van der Waals surface area (Å²) in [5, 5.41) is 20.5. The van der Waals surface area contributed by atoms with Crippen LogP contribution in [0, 0.1) is 10.1 Å². The largest absolute Gasteiger partial charge is 0.484 e. The third kappa shape index (κ3) is 4.00. The maximum absolute atomic E-state index is 10.9. The van der Waals surface area contributed by atoms with Crippen LogP contribution >= 0.6 is 0 Å². The standard InChI is InChI=1S/C13H19NO4/c1-4-11(15)7-10-5-6-12(14(16)17)13(8-10)18-9(2)3/h5-6,8-9,11,15H,4,7H2,1-3H3. The van der Waals surface area contributed by atoms with Crippen molar-refractivity contribution in [3.8, 4) is 5.75 Å². The van der Waals surface area contributed by atoms with Crippen LogP contribution in [0.1, 0.15) is 32.8 Å². The van der Waals surface area contributed by atoms with Gasteiger partial charge in [-0.15, -0.1) is 0 Å². The third-order valence-corrected chi connectivity index (χ3v) is 2.53. The summed E-state index contributed by atoms with van der Waals surface area (Å²) in [6, 6.07) is 4.72. The molecule has 0 bridgehead atoms. The van der Waals surface area contributed by atoms with E-state index in [9.17, 15) is 15.2 Å². The molecule has 100 valence electrons. The minimum atomic E-state index is -0.461. The molecule has 0 aliphatic heterocycles. The van der Waals surface area contributed by atoms with Crippen molar-refractivity contribution in [2.24, 2.45) is 0 Å². The van der Waals surface area contributed by atoms with Crippen molar-refractivity contribution >= 4 is 5.69 Å². The van der Waals surface area contributed by atoms with Gasteiger partial charge in [-0.3, -0.25) is 10.1 Å². The van der Waals surface area contributed by atoms with Crippen molar-refractivity contribution < 1.29 is 14.8 Å². The van der Waals surface area contributed by atoms with Crippen LogP contribution in [0.4, 0.5) is 5.69 Å². The molecule has 1 N–H and O–H groups in total. The van der Waals surface area contributed by atoms with E-state index in [0.717, 1.165) is 5.56 Å². The maximum atomic E-state index is 10.9. The Morgan fingerprint density at radius 3 is 2.61 bits per heavy atom. The molecule has 0 aliphatic carbocycles. The predicted molar refractivity (Wildman–Crippen MR) is 68.9 cm³/mol. The first kappa shape index (κ1) is 14.4. The summed E-state index contributed by atoms with van der Waals surface area (Å²) in [7, 11) is 0. The first-order chi connectivity index (χ1) is 8.43. The van der Waals surface area contributed by atoms with Crippen molar-refractivity contribution in [1.29, 1.82) is 0 Å². The van der Waals surface area contributed by atoms with Gasteiger partial charge in [-0.1, -0.05) is 13.0 Å². The summed E-state index contributed by atoms with van der Waals surface area (Å²) in [5.74, 6) is 0.260. The maximum Gasteiger partial charge on any atom is 0.310 e. The molecule has 1 atom stereocenters. The molecule has 0 spiro atoms. The molecule has 1 unspecified atom stereocenters. The minimum Gasteiger partial charge on any atom is -0.484 e. The molecule has 1 aromatic carbocycles. The minimum absolute atomic E-state index is 0.0431. The number of hydrogen-bond donors (Lipinski definition) is 1. The van der Waals surface area contributed by atoms with E-state index in [1.807, 2.05) is 20.8 Å². The quantitative estimate of drug-likeness (QED) is 0.625. The molecule has 0 saturated carbocycles. The van der Waals surface area contributed by atoms with Crippen LogP contribution in [0.25, 0.3) is 0 Å². The summed E-state index contributed by atoms with van der Waals surface area (Å²) < 4.78 is 5.44. The van der Waals surface area contributed by atoms with Gasteiger partial charge in [0.15, 0.2) is 5.75 Å². The number of rotatable bonds is 6. The van der Waals surface area contributed by atoms with Crippen LogP contribution < -0.4 is 4.74 Å². The molecule has 18 heavy (non-hydrogen) atoms. The number of benzene rings is 1. The molecule has 0 fully saturated rings. The highest BCUT2D eigenvalue weighted by Gasteiger charge is 2.17. The first-order valence-corrected chi connectivity index (χ1v) is 6.06. The average Bonchev–Trinajstić information content (AvgIpc) is 2.27. The Kier molecular flexibility index (Phi) is 5.09. The number of aliphatic hydroxyl groups excluding tert-OH is 1. The lowest BCUT2D eigenvalue weighted by molar-refractivity contribution is -0.386. The molecule has 1 rings (SSSR count). The zero-order valence-corrected chi connectivity index (χ0v) is 10.9. The van der Waals surface area contributed by atoms with E-state index in [2.05, 4.69) is 0 Å². The van der Waals surface area contributed by atoms with Crippen molar-refractivity contribution in [3.63, 3.8) is 0 Å². The van der Waals surface area contributed by atoms with Gasteiger partial charge in [-0.25, -0.2) is 0 Å². The van der Waals surface area contributed by atoms with E-state index in [1.165, 1.54) is 6.07 Å². The molecule has 0 saturated heterocycles. The Bertz CT molecular complexity index is 417. The van der Waals surface area contributed by atoms with Gasteiger partial charge < -0.3 is 9.84 Å². The Morgan fingerprint density at radius 1 is 1.44 bits per heavy atom. The van der Waals surface area contributed by atoms with E-state index in [1.54, 1.807) is 12.1 Å². The fraction of sp³-hybridized carbons (Fsp3) is 0.538. The number of nitro groups is 1. The summed E-state index contributed by atoms with van der Waals surface area (Å²) in [6.07, 6.45) is 0.564. The van der Waals surface area contributed by atoms with Gasteiger partial charge in [0.1, 0.15) is 0 Å². The van der Waals surface area contributed by atoms with Gasteiger partial charge in [0.25, 0.3) is 0 Å². The van der Waals surface area contributed by atoms with Crippen LogP contribution in [0.15, 0.2) is 18.2 Å². The van der Waals surface area contributed by atoms with Crippen LogP contribution in [-0.2, 0) is 6.42 Å². The van der Waals surface area contributed by atoms with E-state index in [4.69, 9.17) is 4.74 Å².